The van der Waals surface area contributed by atoms with Crippen LogP contribution in [0.5, 0.6) is 0 Å². The molecule has 0 unspecified atom stereocenters. The molecule has 2 rings (SSSR count). The lowest BCUT2D eigenvalue weighted by atomic mass is 9.99. The summed E-state index contributed by atoms with van der Waals surface area (Å²) in [6, 6.07) is 1.28. The van der Waals surface area contributed by atoms with E-state index in [0.29, 0.717) is 4.88 Å². The maximum Gasteiger partial charge on any atom is 0.304 e. The summed E-state index contributed by atoms with van der Waals surface area (Å²) in [6.07, 6.45) is -0.861. The molecule has 9 heteroatoms. The largest absolute Gasteiger partial charge is 0.388 e. The fourth-order valence-corrected chi connectivity index (χ4v) is 3.23. The summed E-state index contributed by atoms with van der Waals surface area (Å²) >= 11 is 1.01. The van der Waals surface area contributed by atoms with Gasteiger partial charge in [-0.25, -0.2) is 0 Å². The summed E-state index contributed by atoms with van der Waals surface area (Å²) in [5, 5.41) is 23.2. The number of thiophene rings is 1. The van der Waals surface area contributed by atoms with Crippen molar-refractivity contribution in [3.63, 3.8) is 0 Å². The highest BCUT2D eigenvalue weighted by Gasteiger charge is 2.44. The molecule has 2 N–H and O–H groups in total. The molecule has 8 nitrogen and oxygen atoms in total. The Morgan fingerprint density at radius 3 is 2.67 bits per heavy atom. The summed E-state index contributed by atoms with van der Waals surface area (Å²) in [5.41, 5.74) is -1.31. The number of carbonyl (C=O) groups excluding carboxylic acids is 2. The van der Waals surface area contributed by atoms with Crippen LogP contribution < -0.4 is 10.2 Å². The number of piperazine rings is 1. The molecule has 1 atom stereocenters. The molecular weight excluding hydrogens is 298 g/mol. The van der Waals surface area contributed by atoms with Crippen molar-refractivity contribution >= 4 is 33.8 Å². The normalized spacial score (nSPS) is 19.3. The third-order valence-electron chi connectivity index (χ3n) is 3.35. The summed E-state index contributed by atoms with van der Waals surface area (Å²) in [5.74, 6) is -1.03. The fourth-order valence-electron chi connectivity index (χ4n) is 2.03. The Balaban J connectivity index is 2.55. The van der Waals surface area contributed by atoms with Gasteiger partial charge in [-0.05, 0) is 20.8 Å². The Bertz CT molecular complexity index is 622. The van der Waals surface area contributed by atoms with E-state index in [1.54, 1.807) is 13.8 Å². The second-order valence-corrected chi connectivity index (χ2v) is 6.36. The molecule has 1 aliphatic rings. The minimum Gasteiger partial charge on any atom is -0.388 e. The van der Waals surface area contributed by atoms with Gasteiger partial charge in [0.15, 0.2) is 5.00 Å². The molecule has 1 saturated heterocycles. The highest BCUT2D eigenvalue weighted by molar-refractivity contribution is 7.16. The van der Waals surface area contributed by atoms with Crippen LogP contribution in [0.25, 0.3) is 0 Å². The Morgan fingerprint density at radius 1 is 1.52 bits per heavy atom. The van der Waals surface area contributed by atoms with Crippen molar-refractivity contribution in [3.05, 3.63) is 21.1 Å². The number of nitro groups is 1. The molecular formula is C12H15N3O5S. The molecule has 0 saturated carbocycles. The number of hydrogen-bond donors (Lipinski definition) is 2. The van der Waals surface area contributed by atoms with Gasteiger partial charge < -0.3 is 10.0 Å². The number of aliphatic hydroxyl groups is 1. The van der Waals surface area contributed by atoms with Crippen molar-refractivity contribution in [2.75, 3.05) is 11.4 Å². The molecule has 0 bridgehead atoms. The predicted octanol–water partition coefficient (Wildman–Crippen LogP) is 0.951. The highest BCUT2D eigenvalue weighted by atomic mass is 32.1. The Hall–Kier alpha value is -2.00. The average Bonchev–Trinajstić information content (AvgIpc) is 2.79. The van der Waals surface area contributed by atoms with E-state index in [2.05, 4.69) is 5.32 Å². The zero-order valence-corrected chi connectivity index (χ0v) is 12.6. The van der Waals surface area contributed by atoms with E-state index in [1.807, 2.05) is 0 Å². The van der Waals surface area contributed by atoms with Crippen LogP contribution in [0.2, 0.25) is 0 Å². The monoisotopic (exact) mass is 313 g/mol. The van der Waals surface area contributed by atoms with E-state index in [1.165, 1.54) is 17.9 Å². The van der Waals surface area contributed by atoms with Crippen molar-refractivity contribution in [3.8, 4) is 0 Å². The molecule has 2 amide bonds. The molecule has 0 aromatic carbocycles. The van der Waals surface area contributed by atoms with Crippen molar-refractivity contribution in [1.82, 2.24) is 5.32 Å². The third-order valence-corrected chi connectivity index (χ3v) is 4.67. The van der Waals surface area contributed by atoms with Crippen LogP contribution in [-0.2, 0) is 9.59 Å². The van der Waals surface area contributed by atoms with Gasteiger partial charge in [-0.15, -0.1) is 11.3 Å². The first-order valence-corrected chi connectivity index (χ1v) is 7.04. The smallest absolute Gasteiger partial charge is 0.304 e. The van der Waals surface area contributed by atoms with Gasteiger partial charge in [-0.2, -0.15) is 0 Å². The van der Waals surface area contributed by atoms with Gasteiger partial charge in [-0.1, -0.05) is 0 Å². The van der Waals surface area contributed by atoms with E-state index in [9.17, 15) is 24.8 Å². The first-order chi connectivity index (χ1) is 9.64. The number of amides is 2. The second kappa shape index (κ2) is 5.08. The van der Waals surface area contributed by atoms with Gasteiger partial charge in [-0.3, -0.25) is 25.0 Å². The maximum atomic E-state index is 11.9. The summed E-state index contributed by atoms with van der Waals surface area (Å²) in [7, 11) is 0. The van der Waals surface area contributed by atoms with Gasteiger partial charge in [0.1, 0.15) is 5.54 Å². The SMILES string of the molecule is C[C@H](O)c1cc([N+](=O)[O-])c(N2CC(=O)NC(=O)C2(C)C)s1. The number of hydrogen-bond acceptors (Lipinski definition) is 7. The van der Waals surface area contributed by atoms with Gasteiger partial charge in [0.2, 0.25) is 5.91 Å². The minimum atomic E-state index is -1.10. The van der Waals surface area contributed by atoms with Crippen LogP contribution in [0.1, 0.15) is 31.8 Å². The van der Waals surface area contributed by atoms with Crippen LogP contribution in [0.3, 0.4) is 0 Å². The predicted molar refractivity (Wildman–Crippen MR) is 76.2 cm³/mol. The number of anilines is 1. The maximum absolute atomic E-state index is 11.9. The lowest BCUT2D eigenvalue weighted by Gasteiger charge is -2.40. The van der Waals surface area contributed by atoms with Crippen molar-refractivity contribution in [1.29, 1.82) is 0 Å². The Kier molecular flexibility index (Phi) is 3.72. The molecule has 0 aliphatic carbocycles. The van der Waals surface area contributed by atoms with Crippen molar-refractivity contribution in [2.45, 2.75) is 32.4 Å². The fraction of sp³-hybridized carbons (Fsp3) is 0.500. The lowest BCUT2D eigenvalue weighted by Crippen LogP contribution is -2.64. The standard InChI is InChI=1S/C12H15N3O5S/c1-6(16)8-4-7(15(19)20)10(21-8)14-5-9(17)13-11(18)12(14,2)3/h4,6,16H,5H2,1-3H3,(H,13,17,18)/t6-/m0/s1. The minimum absolute atomic E-state index is 0.153. The lowest BCUT2D eigenvalue weighted by molar-refractivity contribution is -0.383. The summed E-state index contributed by atoms with van der Waals surface area (Å²) in [6.45, 7) is 4.51. The molecule has 2 heterocycles. The molecule has 1 aromatic heterocycles. The first-order valence-electron chi connectivity index (χ1n) is 6.22. The second-order valence-electron chi connectivity index (χ2n) is 5.29. The summed E-state index contributed by atoms with van der Waals surface area (Å²) in [4.78, 5) is 36.0. The molecule has 1 aromatic rings. The van der Waals surface area contributed by atoms with E-state index in [0.717, 1.165) is 11.3 Å². The third kappa shape index (κ3) is 2.61. The van der Waals surface area contributed by atoms with Gasteiger partial charge >= 0.3 is 5.69 Å². The highest BCUT2D eigenvalue weighted by Crippen LogP contribution is 2.43. The van der Waals surface area contributed by atoms with Gasteiger partial charge in [0.05, 0.1) is 17.6 Å². The van der Waals surface area contributed by atoms with Crippen molar-refractivity contribution < 1.29 is 19.6 Å². The van der Waals surface area contributed by atoms with E-state index in [4.69, 9.17) is 0 Å². The van der Waals surface area contributed by atoms with E-state index < -0.39 is 28.4 Å². The molecule has 1 aliphatic heterocycles. The van der Waals surface area contributed by atoms with E-state index >= 15 is 0 Å². The number of rotatable bonds is 3. The zero-order valence-electron chi connectivity index (χ0n) is 11.7. The molecule has 0 spiro atoms. The van der Waals surface area contributed by atoms with Crippen LogP contribution in [0, 0.1) is 10.1 Å². The number of aliphatic hydroxyl groups excluding tert-OH is 1. The topological polar surface area (TPSA) is 113 Å². The van der Waals surface area contributed by atoms with Crippen molar-refractivity contribution in [2.24, 2.45) is 0 Å². The molecule has 0 radical (unpaired) electrons. The van der Waals surface area contributed by atoms with E-state index in [-0.39, 0.29) is 17.2 Å². The first kappa shape index (κ1) is 15.4. The number of nitrogens with one attached hydrogen (secondary N) is 1. The average molecular weight is 313 g/mol. The van der Waals surface area contributed by atoms with Crippen LogP contribution in [-0.4, -0.2) is 33.9 Å². The summed E-state index contributed by atoms with van der Waals surface area (Å²) < 4.78 is 0. The number of nitrogens with zero attached hydrogens (tertiary/aromatic N) is 2. The Morgan fingerprint density at radius 2 is 2.14 bits per heavy atom. The molecule has 1 fully saturated rings. The van der Waals surface area contributed by atoms with Gasteiger partial charge in [0.25, 0.3) is 5.91 Å². The number of carbonyl (C=O) groups is 2. The van der Waals surface area contributed by atoms with Crippen LogP contribution in [0.15, 0.2) is 6.07 Å². The Labute approximate surface area is 124 Å². The number of imide groups is 1. The van der Waals surface area contributed by atoms with Gasteiger partial charge in [0, 0.05) is 10.9 Å². The van der Waals surface area contributed by atoms with Crippen LogP contribution in [0.4, 0.5) is 10.7 Å². The molecule has 114 valence electrons. The molecule has 21 heavy (non-hydrogen) atoms. The van der Waals surface area contributed by atoms with Crippen LogP contribution >= 0.6 is 11.3 Å². The quantitative estimate of drug-likeness (QED) is 0.488. The zero-order chi connectivity index (χ0) is 15.9.